The van der Waals surface area contributed by atoms with Crippen LogP contribution in [0.15, 0.2) is 29.8 Å². The molecule has 0 aliphatic carbocycles. The number of hydrogen-bond acceptors (Lipinski definition) is 5. The number of nitrogens with one attached hydrogen (secondary N) is 1. The van der Waals surface area contributed by atoms with E-state index < -0.39 is 17.7 Å². The number of aromatic nitrogens is 1. The molecule has 0 radical (unpaired) electrons. The summed E-state index contributed by atoms with van der Waals surface area (Å²) in [6.45, 7) is 6.82. The van der Waals surface area contributed by atoms with E-state index in [0.717, 1.165) is 23.5 Å². The van der Waals surface area contributed by atoms with Crippen LogP contribution < -0.4 is 4.74 Å². The van der Waals surface area contributed by atoms with Gasteiger partial charge >= 0.3 is 0 Å². The molecule has 1 aliphatic heterocycles. The number of likely N-dealkylation sites (tertiary alicyclic amines) is 1. The lowest BCUT2D eigenvalue weighted by molar-refractivity contribution is -0.140. The normalized spacial score (nSPS) is 18.3. The quantitative estimate of drug-likeness (QED) is 0.404. The van der Waals surface area contributed by atoms with Gasteiger partial charge in [0.2, 0.25) is 0 Å². The van der Waals surface area contributed by atoms with Crippen molar-refractivity contribution in [1.29, 1.82) is 0 Å². The first-order valence-electron chi connectivity index (χ1n) is 10.4. The Morgan fingerprint density at radius 1 is 1.16 bits per heavy atom. The number of aliphatic hydroxyl groups is 1. The molecule has 2 N–H and O–H groups in total. The van der Waals surface area contributed by atoms with E-state index in [9.17, 15) is 14.7 Å². The number of aromatic amines is 1. The maximum absolute atomic E-state index is 13.2. The van der Waals surface area contributed by atoms with E-state index >= 15 is 0 Å². The second-order valence-corrected chi connectivity index (χ2v) is 8.27. The van der Waals surface area contributed by atoms with Crippen LogP contribution in [0.1, 0.15) is 40.5 Å². The van der Waals surface area contributed by atoms with E-state index in [1.165, 1.54) is 0 Å². The number of aryl methyl sites for hydroxylation is 2. The molecule has 1 amide bonds. The predicted octanol–water partition coefficient (Wildman–Crippen LogP) is 3.32. The van der Waals surface area contributed by atoms with Gasteiger partial charge in [0.25, 0.3) is 11.7 Å². The minimum absolute atomic E-state index is 0.101. The van der Waals surface area contributed by atoms with Crippen LogP contribution in [-0.2, 0) is 9.59 Å². The van der Waals surface area contributed by atoms with E-state index in [1.54, 1.807) is 18.1 Å². The number of ether oxygens (including phenoxy) is 1. The maximum atomic E-state index is 13.2. The number of para-hydroxylation sites is 1. The fraction of sp³-hybridized carbons (Fsp3) is 0.417. The Hall–Kier alpha value is -3.06. The third-order valence-electron chi connectivity index (χ3n) is 5.90. The van der Waals surface area contributed by atoms with Crippen LogP contribution in [0.3, 0.4) is 0 Å². The Bertz CT molecular complexity index is 1040. The fourth-order valence-electron chi connectivity index (χ4n) is 4.28. The SMILES string of the molecule is COc1ccccc1C1/C(=C(\O)c2c(C)[nH]c(C)c2C)C(=O)C(=O)N1CCCN(C)C. The van der Waals surface area contributed by atoms with Gasteiger partial charge in [0.05, 0.1) is 18.7 Å². The molecule has 0 saturated carbocycles. The number of benzene rings is 1. The number of aliphatic hydroxyl groups excluding tert-OH is 1. The fourth-order valence-corrected chi connectivity index (χ4v) is 4.28. The van der Waals surface area contributed by atoms with Gasteiger partial charge in [-0.2, -0.15) is 0 Å². The molecule has 2 aromatic rings. The van der Waals surface area contributed by atoms with Gasteiger partial charge in [-0.25, -0.2) is 0 Å². The summed E-state index contributed by atoms with van der Waals surface area (Å²) in [5.74, 6) is -0.852. The molecular weight excluding hydrogens is 394 g/mol. The zero-order valence-corrected chi connectivity index (χ0v) is 19.1. The van der Waals surface area contributed by atoms with Crippen molar-refractivity contribution < 1.29 is 19.4 Å². The summed E-state index contributed by atoms with van der Waals surface area (Å²) in [6.07, 6.45) is 0.701. The molecule has 166 valence electrons. The van der Waals surface area contributed by atoms with E-state index in [0.29, 0.717) is 29.8 Å². The highest BCUT2D eigenvalue weighted by atomic mass is 16.5. The Labute approximate surface area is 183 Å². The summed E-state index contributed by atoms with van der Waals surface area (Å²) in [5.41, 5.74) is 3.87. The first-order chi connectivity index (χ1) is 14.7. The Morgan fingerprint density at radius 3 is 2.42 bits per heavy atom. The molecule has 7 heteroatoms. The van der Waals surface area contributed by atoms with Crippen LogP contribution in [0.5, 0.6) is 5.75 Å². The van der Waals surface area contributed by atoms with Crippen LogP contribution in [0.2, 0.25) is 0 Å². The van der Waals surface area contributed by atoms with Crippen LogP contribution in [-0.4, -0.2) is 65.9 Å². The van der Waals surface area contributed by atoms with Gasteiger partial charge in [-0.15, -0.1) is 0 Å². The van der Waals surface area contributed by atoms with Crippen LogP contribution >= 0.6 is 0 Å². The van der Waals surface area contributed by atoms with Gasteiger partial charge in [-0.05, 0) is 59.5 Å². The lowest BCUT2D eigenvalue weighted by atomic mass is 9.93. The van der Waals surface area contributed by atoms with Gasteiger partial charge in [0.1, 0.15) is 11.5 Å². The van der Waals surface area contributed by atoms with Crippen molar-refractivity contribution in [2.24, 2.45) is 0 Å². The van der Waals surface area contributed by atoms with Crippen LogP contribution in [0, 0.1) is 20.8 Å². The highest BCUT2D eigenvalue weighted by molar-refractivity contribution is 6.46. The van der Waals surface area contributed by atoms with Crippen molar-refractivity contribution in [3.63, 3.8) is 0 Å². The summed E-state index contributed by atoms with van der Waals surface area (Å²) in [4.78, 5) is 33.0. The van der Waals surface area contributed by atoms with Crippen molar-refractivity contribution in [2.45, 2.75) is 33.2 Å². The first kappa shape index (κ1) is 22.6. The molecular formula is C24H31N3O4. The molecule has 3 rings (SSSR count). The molecule has 2 heterocycles. The molecule has 0 spiro atoms. The number of carbonyl (C=O) groups is 2. The van der Waals surface area contributed by atoms with Crippen LogP contribution in [0.4, 0.5) is 0 Å². The molecule has 1 fully saturated rings. The standard InChI is InChI=1S/C24H31N3O4/c1-14-15(2)25-16(3)19(14)22(28)20-21(17-10-7-8-11-18(17)31-6)27(24(30)23(20)29)13-9-12-26(4)5/h7-8,10-11,21,25,28H,9,12-13H2,1-6H3/b22-20+. The zero-order valence-electron chi connectivity index (χ0n) is 19.1. The summed E-state index contributed by atoms with van der Waals surface area (Å²) in [6, 6.07) is 6.60. The molecule has 1 unspecified atom stereocenters. The molecule has 31 heavy (non-hydrogen) atoms. The lowest BCUT2D eigenvalue weighted by Crippen LogP contribution is -2.32. The Balaban J connectivity index is 2.20. The summed E-state index contributed by atoms with van der Waals surface area (Å²) >= 11 is 0. The van der Waals surface area contributed by atoms with E-state index in [-0.39, 0.29) is 11.3 Å². The van der Waals surface area contributed by atoms with Crippen molar-refractivity contribution in [3.8, 4) is 5.75 Å². The Morgan fingerprint density at radius 2 is 1.84 bits per heavy atom. The highest BCUT2D eigenvalue weighted by Gasteiger charge is 2.47. The number of hydrogen-bond donors (Lipinski definition) is 2. The molecule has 7 nitrogen and oxygen atoms in total. The number of amides is 1. The lowest BCUT2D eigenvalue weighted by Gasteiger charge is -2.27. The molecule has 0 bridgehead atoms. The molecule has 1 atom stereocenters. The minimum Gasteiger partial charge on any atom is -0.507 e. The Kier molecular flexibility index (Phi) is 6.55. The average Bonchev–Trinajstić information content (AvgIpc) is 3.13. The first-order valence-corrected chi connectivity index (χ1v) is 10.4. The number of ketones is 1. The molecule has 1 aliphatic rings. The maximum Gasteiger partial charge on any atom is 0.295 e. The van der Waals surface area contributed by atoms with Gasteiger partial charge in [0, 0.05) is 29.1 Å². The summed E-state index contributed by atoms with van der Waals surface area (Å²) in [5, 5.41) is 11.3. The highest BCUT2D eigenvalue weighted by Crippen LogP contribution is 2.43. The number of Topliss-reactive ketones (excluding diaryl/α,β-unsaturated/α-hetero) is 1. The third-order valence-corrected chi connectivity index (χ3v) is 5.90. The predicted molar refractivity (Wildman–Crippen MR) is 120 cm³/mol. The van der Waals surface area contributed by atoms with Crippen molar-refractivity contribution >= 4 is 17.4 Å². The number of nitrogens with zero attached hydrogens (tertiary/aromatic N) is 2. The molecule has 1 aromatic heterocycles. The minimum atomic E-state index is -0.715. The number of methoxy groups -OCH3 is 1. The topological polar surface area (TPSA) is 85.9 Å². The van der Waals surface area contributed by atoms with Crippen LogP contribution in [0.25, 0.3) is 5.76 Å². The van der Waals surface area contributed by atoms with Gasteiger partial charge in [-0.1, -0.05) is 18.2 Å². The second-order valence-electron chi connectivity index (χ2n) is 8.27. The van der Waals surface area contributed by atoms with Gasteiger partial charge in [0.15, 0.2) is 0 Å². The van der Waals surface area contributed by atoms with Crippen molar-refractivity contribution in [3.05, 3.63) is 57.9 Å². The summed E-state index contributed by atoms with van der Waals surface area (Å²) < 4.78 is 5.54. The summed E-state index contributed by atoms with van der Waals surface area (Å²) in [7, 11) is 5.48. The third kappa shape index (κ3) is 4.10. The second kappa shape index (κ2) is 8.98. The van der Waals surface area contributed by atoms with Gasteiger partial charge < -0.3 is 24.6 Å². The number of carbonyl (C=O) groups excluding carboxylic acids is 2. The van der Waals surface area contributed by atoms with Crippen molar-refractivity contribution in [2.75, 3.05) is 34.3 Å². The molecule has 1 aromatic carbocycles. The van der Waals surface area contributed by atoms with E-state index in [2.05, 4.69) is 4.98 Å². The van der Waals surface area contributed by atoms with Gasteiger partial charge in [-0.3, -0.25) is 9.59 Å². The largest absolute Gasteiger partial charge is 0.507 e. The van der Waals surface area contributed by atoms with Crippen molar-refractivity contribution in [1.82, 2.24) is 14.8 Å². The number of rotatable bonds is 7. The smallest absolute Gasteiger partial charge is 0.295 e. The monoisotopic (exact) mass is 425 g/mol. The number of H-pyrrole nitrogens is 1. The zero-order chi connectivity index (χ0) is 22.9. The van der Waals surface area contributed by atoms with E-state index in [1.807, 2.05) is 58.0 Å². The van der Waals surface area contributed by atoms with E-state index in [4.69, 9.17) is 4.74 Å². The molecule has 1 saturated heterocycles. The average molecular weight is 426 g/mol.